The first-order valence-electron chi connectivity index (χ1n) is 9.36. The summed E-state index contributed by atoms with van der Waals surface area (Å²) in [7, 11) is 0. The molecule has 3 rings (SSSR count). The van der Waals surface area contributed by atoms with E-state index in [4.69, 9.17) is 21.1 Å². The van der Waals surface area contributed by atoms with E-state index < -0.39 is 0 Å². The normalized spacial score (nSPS) is 13.9. The Morgan fingerprint density at radius 1 is 1.07 bits per heavy atom. The number of benzene rings is 2. The zero-order valence-corrected chi connectivity index (χ0v) is 16.3. The lowest BCUT2D eigenvalue weighted by Crippen LogP contribution is -2.31. The molecule has 144 valence electrons. The Morgan fingerprint density at radius 2 is 1.78 bits per heavy atom. The second-order valence-corrected chi connectivity index (χ2v) is 6.86. The highest BCUT2D eigenvalue weighted by atomic mass is 35.5. The van der Waals surface area contributed by atoms with Gasteiger partial charge in [-0.15, -0.1) is 0 Å². The quantitative estimate of drug-likeness (QED) is 0.743. The van der Waals surface area contributed by atoms with Crippen LogP contribution < -0.4 is 19.7 Å². The molecule has 0 radical (unpaired) electrons. The summed E-state index contributed by atoms with van der Waals surface area (Å²) in [5, 5.41) is 3.53. The van der Waals surface area contributed by atoms with Crippen LogP contribution >= 0.6 is 11.6 Å². The summed E-state index contributed by atoms with van der Waals surface area (Å²) in [6, 6.07) is 12.9. The van der Waals surface area contributed by atoms with E-state index in [9.17, 15) is 4.79 Å². The summed E-state index contributed by atoms with van der Waals surface area (Å²) < 4.78 is 11.2. The number of ether oxygens (including phenoxy) is 2. The van der Waals surface area contributed by atoms with Crippen LogP contribution in [-0.2, 0) is 4.79 Å². The molecule has 0 aliphatic carbocycles. The maximum Gasteiger partial charge on any atom is 0.262 e. The Morgan fingerprint density at radius 3 is 2.48 bits per heavy atom. The van der Waals surface area contributed by atoms with Crippen molar-refractivity contribution in [1.29, 1.82) is 0 Å². The number of para-hydroxylation sites is 2. The monoisotopic (exact) mass is 388 g/mol. The van der Waals surface area contributed by atoms with E-state index in [1.54, 1.807) is 12.1 Å². The van der Waals surface area contributed by atoms with Crippen molar-refractivity contribution >= 4 is 28.9 Å². The van der Waals surface area contributed by atoms with Crippen LogP contribution in [0.5, 0.6) is 11.5 Å². The van der Waals surface area contributed by atoms with Crippen LogP contribution in [0, 0.1) is 0 Å². The van der Waals surface area contributed by atoms with Crippen molar-refractivity contribution in [1.82, 2.24) is 0 Å². The zero-order valence-electron chi connectivity index (χ0n) is 15.5. The number of carbonyl (C=O) groups is 1. The molecule has 5 nitrogen and oxygen atoms in total. The first kappa shape index (κ1) is 19.4. The van der Waals surface area contributed by atoms with Crippen molar-refractivity contribution in [3.8, 4) is 11.5 Å². The number of nitrogens with one attached hydrogen (secondary N) is 1. The molecule has 0 unspecified atom stereocenters. The van der Waals surface area contributed by atoms with Crippen molar-refractivity contribution < 1.29 is 14.3 Å². The second kappa shape index (κ2) is 9.51. The standard InChI is InChI=1S/C21H25ClN2O3/c1-2-26-19-8-4-5-9-20(19)27-15-21(25)23-17-14-16(22)10-11-18(17)24-12-6-3-7-13-24/h4-5,8-11,14H,2-3,6-7,12-13,15H2,1H3,(H,23,25). The molecule has 6 heteroatoms. The first-order valence-corrected chi connectivity index (χ1v) is 9.74. The minimum atomic E-state index is -0.234. The molecule has 2 aromatic rings. The molecular weight excluding hydrogens is 364 g/mol. The Bertz CT molecular complexity index is 776. The van der Waals surface area contributed by atoms with Gasteiger partial charge in [0, 0.05) is 18.1 Å². The summed E-state index contributed by atoms with van der Waals surface area (Å²) in [4.78, 5) is 14.8. The molecule has 1 amide bonds. The number of anilines is 2. The molecule has 1 N–H and O–H groups in total. The number of rotatable bonds is 7. The molecule has 1 saturated heterocycles. The van der Waals surface area contributed by atoms with E-state index in [0.29, 0.717) is 23.1 Å². The van der Waals surface area contributed by atoms with Crippen LogP contribution in [0.4, 0.5) is 11.4 Å². The van der Waals surface area contributed by atoms with Crippen molar-refractivity contribution in [2.75, 3.05) is 36.5 Å². The predicted octanol–water partition coefficient (Wildman–Crippen LogP) is 4.75. The topological polar surface area (TPSA) is 50.8 Å². The van der Waals surface area contributed by atoms with E-state index in [-0.39, 0.29) is 12.5 Å². The van der Waals surface area contributed by atoms with Gasteiger partial charge < -0.3 is 19.7 Å². The highest BCUT2D eigenvalue weighted by Gasteiger charge is 2.17. The third kappa shape index (κ3) is 5.30. The fourth-order valence-corrected chi connectivity index (χ4v) is 3.36. The number of hydrogen-bond acceptors (Lipinski definition) is 4. The minimum absolute atomic E-state index is 0.101. The van der Waals surface area contributed by atoms with Crippen molar-refractivity contribution in [3.05, 3.63) is 47.5 Å². The number of piperidine rings is 1. The summed E-state index contributed by atoms with van der Waals surface area (Å²) in [5.41, 5.74) is 1.72. The van der Waals surface area contributed by atoms with E-state index >= 15 is 0 Å². The largest absolute Gasteiger partial charge is 0.490 e. The van der Waals surface area contributed by atoms with Gasteiger partial charge in [0.25, 0.3) is 5.91 Å². The summed E-state index contributed by atoms with van der Waals surface area (Å²) >= 11 is 6.15. The lowest BCUT2D eigenvalue weighted by atomic mass is 10.1. The van der Waals surface area contributed by atoms with Crippen LogP contribution in [0.3, 0.4) is 0 Å². The number of carbonyl (C=O) groups excluding carboxylic acids is 1. The summed E-state index contributed by atoms with van der Waals surface area (Å²) in [6.07, 6.45) is 3.57. The Labute approximate surface area is 165 Å². The van der Waals surface area contributed by atoms with Gasteiger partial charge >= 0.3 is 0 Å². The molecule has 1 heterocycles. The van der Waals surface area contributed by atoms with Gasteiger partial charge in [0.15, 0.2) is 18.1 Å². The van der Waals surface area contributed by atoms with Gasteiger partial charge in [-0.1, -0.05) is 23.7 Å². The Hall–Kier alpha value is -2.40. The molecule has 2 aromatic carbocycles. The van der Waals surface area contributed by atoms with Gasteiger partial charge in [0.1, 0.15) is 0 Å². The summed E-state index contributed by atoms with van der Waals surface area (Å²) in [6.45, 7) is 4.32. The SMILES string of the molecule is CCOc1ccccc1OCC(=O)Nc1cc(Cl)ccc1N1CCCCC1. The van der Waals surface area contributed by atoms with Crippen LogP contribution in [0.25, 0.3) is 0 Å². The van der Waals surface area contributed by atoms with Gasteiger partial charge in [-0.25, -0.2) is 0 Å². The average Bonchev–Trinajstić information content (AvgIpc) is 2.68. The molecule has 1 fully saturated rings. The van der Waals surface area contributed by atoms with E-state index in [2.05, 4.69) is 10.2 Å². The van der Waals surface area contributed by atoms with Crippen LogP contribution in [0.1, 0.15) is 26.2 Å². The maximum atomic E-state index is 12.5. The molecule has 0 saturated carbocycles. The molecule has 0 aromatic heterocycles. The number of nitrogens with zero attached hydrogens (tertiary/aromatic N) is 1. The van der Waals surface area contributed by atoms with Gasteiger partial charge in [-0.05, 0) is 56.5 Å². The predicted molar refractivity (Wildman–Crippen MR) is 109 cm³/mol. The smallest absolute Gasteiger partial charge is 0.262 e. The molecule has 0 spiro atoms. The lowest BCUT2D eigenvalue weighted by molar-refractivity contribution is -0.118. The van der Waals surface area contributed by atoms with Gasteiger partial charge in [0.2, 0.25) is 0 Å². The van der Waals surface area contributed by atoms with Gasteiger partial charge in [-0.2, -0.15) is 0 Å². The number of hydrogen-bond donors (Lipinski definition) is 1. The third-order valence-electron chi connectivity index (χ3n) is 4.44. The van der Waals surface area contributed by atoms with E-state index in [1.165, 1.54) is 6.42 Å². The van der Waals surface area contributed by atoms with E-state index in [0.717, 1.165) is 37.3 Å². The Balaban J connectivity index is 1.66. The number of amides is 1. The summed E-state index contributed by atoms with van der Waals surface area (Å²) in [5.74, 6) is 0.947. The minimum Gasteiger partial charge on any atom is -0.490 e. The molecule has 0 bridgehead atoms. The first-order chi connectivity index (χ1) is 13.2. The van der Waals surface area contributed by atoms with Crippen LogP contribution in [0.15, 0.2) is 42.5 Å². The molecule has 1 aliphatic rings. The molecular formula is C21H25ClN2O3. The highest BCUT2D eigenvalue weighted by molar-refractivity contribution is 6.31. The van der Waals surface area contributed by atoms with Crippen molar-refractivity contribution in [2.24, 2.45) is 0 Å². The Kier molecular flexibility index (Phi) is 6.82. The van der Waals surface area contributed by atoms with Crippen molar-refractivity contribution in [2.45, 2.75) is 26.2 Å². The molecule has 1 aliphatic heterocycles. The fourth-order valence-electron chi connectivity index (χ4n) is 3.19. The van der Waals surface area contributed by atoms with Crippen LogP contribution in [0.2, 0.25) is 5.02 Å². The third-order valence-corrected chi connectivity index (χ3v) is 4.67. The van der Waals surface area contributed by atoms with Gasteiger partial charge in [0.05, 0.1) is 18.0 Å². The molecule has 27 heavy (non-hydrogen) atoms. The van der Waals surface area contributed by atoms with Gasteiger partial charge in [-0.3, -0.25) is 4.79 Å². The fraction of sp³-hybridized carbons (Fsp3) is 0.381. The average molecular weight is 389 g/mol. The highest BCUT2D eigenvalue weighted by Crippen LogP contribution is 2.31. The van der Waals surface area contributed by atoms with Crippen molar-refractivity contribution in [3.63, 3.8) is 0 Å². The lowest BCUT2D eigenvalue weighted by Gasteiger charge is -2.30. The maximum absolute atomic E-state index is 12.5. The van der Waals surface area contributed by atoms with E-state index in [1.807, 2.05) is 37.3 Å². The zero-order chi connectivity index (χ0) is 19.1. The second-order valence-electron chi connectivity index (χ2n) is 6.43. The molecule has 0 atom stereocenters. The number of halogens is 1. The van der Waals surface area contributed by atoms with Crippen LogP contribution in [-0.4, -0.2) is 32.2 Å².